The predicted octanol–water partition coefficient (Wildman–Crippen LogP) is 6.15. The second kappa shape index (κ2) is 8.03. The summed E-state index contributed by atoms with van der Waals surface area (Å²) in [4.78, 5) is 4.31. The number of alkyl halides is 3. The minimum Gasteiger partial charge on any atom is -0.353 e. The average Bonchev–Trinajstić information content (AvgIpc) is 3.37. The molecule has 0 saturated heterocycles. The molecule has 0 radical (unpaired) electrons. The third kappa shape index (κ3) is 3.87. The van der Waals surface area contributed by atoms with Gasteiger partial charge in [-0.1, -0.05) is 64.1 Å². The highest BCUT2D eigenvalue weighted by Crippen LogP contribution is 2.39. The van der Waals surface area contributed by atoms with Crippen LogP contribution >= 0.6 is 34.8 Å². The highest BCUT2D eigenvalue weighted by molar-refractivity contribution is 6.66. The molecule has 1 N–H and O–H groups in total. The summed E-state index contributed by atoms with van der Waals surface area (Å²) in [6.07, 6.45) is 3.38. The summed E-state index contributed by atoms with van der Waals surface area (Å²) in [7, 11) is 0. The number of rotatable bonds is 2. The van der Waals surface area contributed by atoms with Gasteiger partial charge in [0.05, 0.1) is 17.1 Å². The number of halogens is 3. The maximum Gasteiger partial charge on any atom is 0.216 e. The smallest absolute Gasteiger partial charge is 0.216 e. The van der Waals surface area contributed by atoms with E-state index in [1.807, 2.05) is 37.3 Å². The Bertz CT molecular complexity index is 1520. The van der Waals surface area contributed by atoms with Gasteiger partial charge in [0.25, 0.3) is 0 Å². The average molecular weight is 483 g/mol. The first-order valence-corrected chi connectivity index (χ1v) is 10.7. The lowest BCUT2D eigenvalue weighted by atomic mass is 10.1. The largest absolute Gasteiger partial charge is 0.353 e. The first kappa shape index (κ1) is 20.7. The van der Waals surface area contributed by atoms with Crippen LogP contribution in [-0.2, 0) is 3.79 Å². The van der Waals surface area contributed by atoms with E-state index in [-0.39, 0.29) is 0 Å². The molecule has 0 aliphatic carbocycles. The lowest BCUT2D eigenvalue weighted by molar-refractivity contribution is 0.459. The molecule has 0 bridgehead atoms. The van der Waals surface area contributed by atoms with Gasteiger partial charge < -0.3 is 9.84 Å². The van der Waals surface area contributed by atoms with Gasteiger partial charge in [-0.3, -0.25) is 0 Å². The van der Waals surface area contributed by atoms with Gasteiger partial charge in [-0.25, -0.2) is 9.50 Å². The van der Waals surface area contributed by atoms with Gasteiger partial charge >= 0.3 is 0 Å². The van der Waals surface area contributed by atoms with Gasteiger partial charge in [-0.15, -0.1) is 0 Å². The van der Waals surface area contributed by atoms with Gasteiger partial charge in [0.1, 0.15) is 5.69 Å². The van der Waals surface area contributed by atoms with E-state index >= 15 is 0 Å². The molecule has 9 heteroatoms. The molecule has 3 heterocycles. The monoisotopic (exact) mass is 481 g/mol. The van der Waals surface area contributed by atoms with E-state index in [1.54, 1.807) is 35.1 Å². The van der Waals surface area contributed by atoms with E-state index in [1.165, 1.54) is 0 Å². The number of imidazole rings is 1. The molecule has 5 aromatic rings. The van der Waals surface area contributed by atoms with Crippen LogP contribution in [0.3, 0.4) is 0 Å². The van der Waals surface area contributed by atoms with Crippen LogP contribution in [0.4, 0.5) is 11.5 Å². The number of fused-ring (bicyclic) bond motifs is 2. The molecule has 0 saturated carbocycles. The zero-order chi connectivity index (χ0) is 22.3. The summed E-state index contributed by atoms with van der Waals surface area (Å²) in [5, 5.41) is 12.5. The standard InChI is InChI=1S/C23H14Cl3N5O/c1-14-7-9-19-21(18(14)10-8-17-13-27-20-6-3-11-28-31(17)20)32-30-22(19)29-16-5-2-4-15(12-16)23(24,25)26/h2-7,9,11-13H,1H3,(H,29,30). The highest BCUT2D eigenvalue weighted by atomic mass is 35.6. The Balaban J connectivity index is 1.53. The number of hydrogen-bond acceptors (Lipinski definition) is 5. The van der Waals surface area contributed by atoms with E-state index in [4.69, 9.17) is 39.3 Å². The summed E-state index contributed by atoms with van der Waals surface area (Å²) in [5.74, 6) is 6.87. The van der Waals surface area contributed by atoms with Gasteiger partial charge in [0.2, 0.25) is 3.79 Å². The fraction of sp³-hybridized carbons (Fsp3) is 0.0870. The van der Waals surface area contributed by atoms with Crippen LogP contribution in [-0.4, -0.2) is 19.8 Å². The first-order chi connectivity index (χ1) is 15.4. The maximum atomic E-state index is 6.00. The summed E-state index contributed by atoms with van der Waals surface area (Å²) < 4.78 is 5.83. The first-order valence-electron chi connectivity index (χ1n) is 9.54. The Morgan fingerprint density at radius 1 is 1.06 bits per heavy atom. The molecule has 0 unspecified atom stereocenters. The molecule has 0 amide bonds. The van der Waals surface area contributed by atoms with Crippen LogP contribution in [0.1, 0.15) is 22.4 Å². The van der Waals surface area contributed by atoms with Crippen molar-refractivity contribution >= 4 is 62.9 Å². The predicted molar refractivity (Wildman–Crippen MR) is 127 cm³/mol. The lowest BCUT2D eigenvalue weighted by Crippen LogP contribution is -2.01. The van der Waals surface area contributed by atoms with E-state index in [9.17, 15) is 0 Å². The van der Waals surface area contributed by atoms with Crippen LogP contribution < -0.4 is 5.32 Å². The number of anilines is 2. The van der Waals surface area contributed by atoms with Gasteiger partial charge in [-0.05, 0) is 48.7 Å². The number of aromatic nitrogens is 4. The topological polar surface area (TPSA) is 68.2 Å². The fourth-order valence-corrected chi connectivity index (χ4v) is 3.65. The summed E-state index contributed by atoms with van der Waals surface area (Å²) >= 11 is 18.0. The Kier molecular flexibility index (Phi) is 5.18. The molecular formula is C23H14Cl3N5O. The van der Waals surface area contributed by atoms with Crippen molar-refractivity contribution in [3.63, 3.8) is 0 Å². The molecule has 32 heavy (non-hydrogen) atoms. The summed E-state index contributed by atoms with van der Waals surface area (Å²) in [5.41, 5.74) is 4.96. The lowest BCUT2D eigenvalue weighted by Gasteiger charge is -2.12. The molecular weight excluding hydrogens is 469 g/mol. The minimum absolute atomic E-state index is 0.543. The maximum absolute atomic E-state index is 6.00. The van der Waals surface area contributed by atoms with E-state index in [0.29, 0.717) is 28.3 Å². The summed E-state index contributed by atoms with van der Waals surface area (Å²) in [6, 6.07) is 14.8. The van der Waals surface area contributed by atoms with Gasteiger partial charge in [0.15, 0.2) is 17.0 Å². The molecule has 5 rings (SSSR count). The quantitative estimate of drug-likeness (QED) is 0.241. The van der Waals surface area contributed by atoms with Crippen molar-refractivity contribution in [1.29, 1.82) is 0 Å². The highest BCUT2D eigenvalue weighted by Gasteiger charge is 2.23. The second-order valence-electron chi connectivity index (χ2n) is 7.06. The van der Waals surface area contributed by atoms with Crippen molar-refractivity contribution in [3.05, 3.63) is 83.3 Å². The molecule has 0 aliphatic heterocycles. The number of benzene rings is 2. The molecule has 6 nitrogen and oxygen atoms in total. The van der Waals surface area contributed by atoms with Crippen LogP contribution in [0.15, 0.2) is 65.4 Å². The number of hydrogen-bond donors (Lipinski definition) is 1. The molecule has 2 aromatic carbocycles. The fourth-order valence-electron chi connectivity index (χ4n) is 3.30. The molecule has 0 spiro atoms. The second-order valence-corrected chi connectivity index (χ2v) is 9.34. The van der Waals surface area contributed by atoms with Crippen LogP contribution in [0, 0.1) is 18.8 Å². The van der Waals surface area contributed by atoms with Crippen LogP contribution in [0.2, 0.25) is 0 Å². The molecule has 3 aromatic heterocycles. The SMILES string of the molecule is Cc1ccc2c(Nc3cccc(C(Cl)(Cl)Cl)c3)noc2c1C#Cc1cnc2cccnn12. The molecule has 0 atom stereocenters. The van der Waals surface area contributed by atoms with E-state index in [2.05, 4.69) is 32.4 Å². The zero-order valence-electron chi connectivity index (χ0n) is 16.6. The van der Waals surface area contributed by atoms with Crippen molar-refractivity contribution in [2.45, 2.75) is 10.7 Å². The molecule has 158 valence electrons. The Morgan fingerprint density at radius 3 is 2.78 bits per heavy atom. The van der Waals surface area contributed by atoms with Gasteiger partial charge in [-0.2, -0.15) is 5.10 Å². The molecule has 0 aliphatic rings. The number of nitrogens with one attached hydrogen (secondary N) is 1. The van der Waals surface area contributed by atoms with E-state index in [0.717, 1.165) is 22.2 Å². The Hall–Kier alpha value is -3.24. The number of aryl methyl sites for hydroxylation is 1. The van der Waals surface area contributed by atoms with Crippen molar-refractivity contribution in [1.82, 2.24) is 19.8 Å². The van der Waals surface area contributed by atoms with Crippen molar-refractivity contribution in [3.8, 4) is 11.8 Å². The van der Waals surface area contributed by atoms with E-state index < -0.39 is 3.79 Å². The minimum atomic E-state index is -1.52. The third-order valence-electron chi connectivity index (χ3n) is 4.90. The summed E-state index contributed by atoms with van der Waals surface area (Å²) in [6.45, 7) is 1.97. The number of nitrogens with zero attached hydrogens (tertiary/aromatic N) is 4. The zero-order valence-corrected chi connectivity index (χ0v) is 18.9. The van der Waals surface area contributed by atoms with Crippen molar-refractivity contribution in [2.75, 3.05) is 5.32 Å². The normalized spacial score (nSPS) is 11.5. The van der Waals surface area contributed by atoms with Crippen LogP contribution in [0.25, 0.3) is 16.6 Å². The third-order valence-corrected chi connectivity index (χ3v) is 5.55. The van der Waals surface area contributed by atoms with Crippen molar-refractivity contribution < 1.29 is 4.52 Å². The molecule has 0 fully saturated rings. The van der Waals surface area contributed by atoms with Gasteiger partial charge in [0, 0.05) is 17.4 Å². The Morgan fingerprint density at radius 2 is 1.94 bits per heavy atom. The van der Waals surface area contributed by atoms with Crippen molar-refractivity contribution in [2.24, 2.45) is 0 Å². The Labute approximate surface area is 198 Å². The van der Waals surface area contributed by atoms with Crippen LogP contribution in [0.5, 0.6) is 0 Å².